The van der Waals surface area contributed by atoms with E-state index in [1.165, 1.54) is 33.4 Å². The van der Waals surface area contributed by atoms with E-state index in [4.69, 9.17) is 13.8 Å². The van der Waals surface area contributed by atoms with Gasteiger partial charge in [-0.1, -0.05) is 127 Å². The Balaban J connectivity index is 1.16. The maximum Gasteiger partial charge on any atom is 0.227 e. The van der Waals surface area contributed by atoms with Crippen molar-refractivity contribution in [2.75, 3.05) is 4.90 Å². The first-order valence-corrected chi connectivity index (χ1v) is 18.3. The maximum atomic E-state index is 6.45. The molecule has 0 atom stereocenters. The fourth-order valence-electron chi connectivity index (χ4n) is 8.63. The maximum absolute atomic E-state index is 6.45. The molecule has 0 spiro atoms. The third kappa shape index (κ3) is 4.53. The van der Waals surface area contributed by atoms with Crippen molar-refractivity contribution in [2.24, 2.45) is 0 Å². The lowest BCUT2D eigenvalue weighted by atomic mass is 9.67. The van der Waals surface area contributed by atoms with E-state index in [1.807, 2.05) is 48.5 Å². The molecule has 0 fully saturated rings. The highest BCUT2D eigenvalue weighted by Crippen LogP contribution is 2.57. The zero-order chi connectivity index (χ0) is 35.6. The van der Waals surface area contributed by atoms with Gasteiger partial charge >= 0.3 is 0 Å². The number of benzene rings is 8. The fraction of sp³-hybridized carbons (Fsp3) is 0.0200. The van der Waals surface area contributed by atoms with Crippen LogP contribution in [0, 0.1) is 0 Å². The predicted molar refractivity (Wildman–Crippen MR) is 219 cm³/mol. The monoisotopic (exact) mass is 692 g/mol. The van der Waals surface area contributed by atoms with Crippen molar-refractivity contribution in [2.45, 2.75) is 5.41 Å². The van der Waals surface area contributed by atoms with Gasteiger partial charge in [-0.25, -0.2) is 4.98 Å². The summed E-state index contributed by atoms with van der Waals surface area (Å²) in [5.74, 6) is 0.601. The third-order valence-electron chi connectivity index (χ3n) is 11.0. The molecule has 8 aromatic carbocycles. The van der Waals surface area contributed by atoms with Gasteiger partial charge in [0.1, 0.15) is 16.7 Å². The summed E-state index contributed by atoms with van der Waals surface area (Å²) in [6.07, 6.45) is 0. The van der Waals surface area contributed by atoms with Gasteiger partial charge in [-0.05, 0) is 94.0 Å². The van der Waals surface area contributed by atoms with Crippen LogP contribution in [0.15, 0.2) is 203 Å². The lowest BCUT2D eigenvalue weighted by Crippen LogP contribution is -2.28. The van der Waals surface area contributed by atoms with E-state index in [2.05, 4.69) is 150 Å². The van der Waals surface area contributed by atoms with Crippen molar-refractivity contribution >= 4 is 50.1 Å². The lowest BCUT2D eigenvalue weighted by molar-refractivity contribution is 0.620. The SMILES string of the molecule is c1ccc(-c2nc3cc(N(c4ccc5c(c4)C(c4ccccc4)(c4ccccc4)c4ccccc4-5)c4ccc5c(c4)oc4ccccc45)ccc3o2)cc1. The van der Waals surface area contributed by atoms with Crippen LogP contribution in [-0.4, -0.2) is 4.98 Å². The number of hydrogen-bond acceptors (Lipinski definition) is 4. The first-order valence-electron chi connectivity index (χ1n) is 18.3. The van der Waals surface area contributed by atoms with E-state index in [9.17, 15) is 0 Å². The highest BCUT2D eigenvalue weighted by molar-refractivity contribution is 6.06. The number of hydrogen-bond donors (Lipinski definition) is 0. The van der Waals surface area contributed by atoms with Crippen molar-refractivity contribution in [3.05, 3.63) is 216 Å². The Labute approximate surface area is 312 Å². The van der Waals surface area contributed by atoms with Crippen molar-refractivity contribution < 1.29 is 8.83 Å². The molecule has 0 bridgehead atoms. The second-order valence-electron chi connectivity index (χ2n) is 13.9. The Morgan fingerprint density at radius 2 is 1.00 bits per heavy atom. The van der Waals surface area contributed by atoms with Gasteiger partial charge in [0.05, 0.1) is 5.41 Å². The summed E-state index contributed by atoms with van der Waals surface area (Å²) >= 11 is 0. The standard InChI is InChI=1S/C50H32N2O2/c1-4-14-33(15-5-1)49-51-45-31-37(26-29-47(45)54-49)52(38-25-28-42-41-21-11-13-23-46(41)53-48(42)32-38)36-24-27-40-39-20-10-12-22-43(39)50(44(40)30-36,34-16-6-2-7-17-34)35-18-8-3-9-19-35/h1-32H. The highest BCUT2D eigenvalue weighted by atomic mass is 16.3. The van der Waals surface area contributed by atoms with Crippen molar-refractivity contribution in [3.8, 4) is 22.6 Å². The number of furan rings is 1. The lowest BCUT2D eigenvalue weighted by Gasteiger charge is -2.35. The molecular formula is C50H32N2O2. The van der Waals surface area contributed by atoms with Gasteiger partial charge in [0, 0.05) is 39.5 Å². The van der Waals surface area contributed by atoms with Crippen LogP contribution in [0.3, 0.4) is 0 Å². The number of fused-ring (bicyclic) bond motifs is 7. The molecule has 0 unspecified atom stereocenters. The summed E-state index contributed by atoms with van der Waals surface area (Å²) in [6.45, 7) is 0. The van der Waals surface area contributed by atoms with E-state index in [0.29, 0.717) is 5.89 Å². The minimum absolute atomic E-state index is 0.528. The molecule has 0 aliphatic heterocycles. The van der Waals surface area contributed by atoms with Crippen LogP contribution in [0.5, 0.6) is 0 Å². The topological polar surface area (TPSA) is 42.4 Å². The van der Waals surface area contributed by atoms with Gasteiger partial charge < -0.3 is 13.7 Å². The molecule has 54 heavy (non-hydrogen) atoms. The number of rotatable bonds is 6. The van der Waals surface area contributed by atoms with E-state index in [1.54, 1.807) is 0 Å². The Kier molecular flexibility index (Phi) is 6.73. The number of anilines is 3. The van der Waals surface area contributed by atoms with Crippen molar-refractivity contribution in [3.63, 3.8) is 0 Å². The van der Waals surface area contributed by atoms with Gasteiger partial charge in [-0.2, -0.15) is 0 Å². The summed E-state index contributed by atoms with van der Waals surface area (Å²) < 4.78 is 12.7. The number of nitrogens with zero attached hydrogens (tertiary/aromatic N) is 2. The summed E-state index contributed by atoms with van der Waals surface area (Å²) in [7, 11) is 0. The Hall–Kier alpha value is -7.17. The summed E-state index contributed by atoms with van der Waals surface area (Å²) in [6, 6.07) is 68.7. The van der Waals surface area contributed by atoms with Crippen molar-refractivity contribution in [1.82, 2.24) is 4.98 Å². The summed E-state index contributed by atoms with van der Waals surface area (Å²) in [4.78, 5) is 7.28. The summed E-state index contributed by atoms with van der Waals surface area (Å²) in [5.41, 5.74) is 14.1. The average Bonchev–Trinajstić information content (AvgIpc) is 3.92. The second kappa shape index (κ2) is 11.9. The minimum Gasteiger partial charge on any atom is -0.456 e. The average molecular weight is 693 g/mol. The van der Waals surface area contributed by atoms with Gasteiger partial charge in [0.25, 0.3) is 0 Å². The van der Waals surface area contributed by atoms with Gasteiger partial charge in [-0.3, -0.25) is 0 Å². The van der Waals surface area contributed by atoms with Gasteiger partial charge in [0.2, 0.25) is 5.89 Å². The predicted octanol–water partition coefficient (Wildman–Crippen LogP) is 13.2. The third-order valence-corrected chi connectivity index (χ3v) is 11.0. The molecule has 0 N–H and O–H groups in total. The Morgan fingerprint density at radius 3 is 1.80 bits per heavy atom. The van der Waals surface area contributed by atoms with E-state index >= 15 is 0 Å². The molecule has 11 rings (SSSR count). The first kappa shape index (κ1) is 30.5. The smallest absolute Gasteiger partial charge is 0.227 e. The normalized spacial score (nSPS) is 13.0. The fourth-order valence-corrected chi connectivity index (χ4v) is 8.63. The second-order valence-corrected chi connectivity index (χ2v) is 13.9. The molecule has 2 heterocycles. The molecular weight excluding hydrogens is 661 g/mol. The van der Waals surface area contributed by atoms with E-state index in [-0.39, 0.29) is 0 Å². The number of para-hydroxylation sites is 1. The Morgan fingerprint density at radius 1 is 0.407 bits per heavy atom. The molecule has 0 amide bonds. The molecule has 0 saturated heterocycles. The zero-order valence-electron chi connectivity index (χ0n) is 29.2. The van der Waals surface area contributed by atoms with Crippen LogP contribution in [0.1, 0.15) is 22.3 Å². The molecule has 10 aromatic rings. The highest BCUT2D eigenvalue weighted by Gasteiger charge is 2.46. The van der Waals surface area contributed by atoms with E-state index < -0.39 is 5.41 Å². The van der Waals surface area contributed by atoms with Crippen molar-refractivity contribution in [1.29, 1.82) is 0 Å². The quantitative estimate of drug-likeness (QED) is 0.174. The molecule has 4 nitrogen and oxygen atoms in total. The summed E-state index contributed by atoms with van der Waals surface area (Å²) in [5, 5.41) is 2.19. The van der Waals surface area contributed by atoms with Crippen LogP contribution in [0.2, 0.25) is 0 Å². The molecule has 254 valence electrons. The first-order chi connectivity index (χ1) is 26.8. The minimum atomic E-state index is -0.528. The molecule has 1 aliphatic carbocycles. The molecule has 0 radical (unpaired) electrons. The molecule has 0 saturated carbocycles. The molecule has 2 aromatic heterocycles. The zero-order valence-corrected chi connectivity index (χ0v) is 29.2. The van der Waals surface area contributed by atoms with E-state index in [0.717, 1.165) is 55.7 Å². The van der Waals surface area contributed by atoms with Gasteiger partial charge in [0.15, 0.2) is 5.58 Å². The van der Waals surface area contributed by atoms with Crippen LogP contribution in [0.25, 0.3) is 55.6 Å². The Bertz CT molecular complexity index is 2960. The van der Waals surface area contributed by atoms with Gasteiger partial charge in [-0.15, -0.1) is 0 Å². The van der Waals surface area contributed by atoms with Crippen LogP contribution < -0.4 is 4.90 Å². The number of aromatic nitrogens is 1. The largest absolute Gasteiger partial charge is 0.456 e. The number of oxazole rings is 1. The van der Waals surface area contributed by atoms with Crippen LogP contribution in [0.4, 0.5) is 17.1 Å². The van der Waals surface area contributed by atoms with Crippen LogP contribution >= 0.6 is 0 Å². The van der Waals surface area contributed by atoms with Crippen LogP contribution in [-0.2, 0) is 5.41 Å². The molecule has 4 heteroatoms. The molecule has 1 aliphatic rings.